The molecule has 0 N–H and O–H groups in total. The van der Waals surface area contributed by atoms with Crippen molar-refractivity contribution in [2.24, 2.45) is 0 Å². The first-order chi connectivity index (χ1) is 5.55. The van der Waals surface area contributed by atoms with Crippen LogP contribution < -0.4 is 0 Å². The Bertz CT molecular complexity index is 148. The minimum Gasteiger partial charge on any atom is -0.383 e. The third-order valence-electron chi connectivity index (χ3n) is 2.06. The third kappa shape index (κ3) is 2.10. The van der Waals surface area contributed by atoms with Gasteiger partial charge >= 0.3 is 6.30 Å². The summed E-state index contributed by atoms with van der Waals surface area (Å²) in [6, 6.07) is -0.477. The molecule has 0 radical (unpaired) electrons. The van der Waals surface area contributed by atoms with E-state index in [9.17, 15) is 13.2 Å². The highest BCUT2D eigenvalue weighted by Gasteiger charge is 2.44. The molecule has 0 aromatic heterocycles. The fourth-order valence-electron chi connectivity index (χ4n) is 1.54. The first-order valence-electron chi connectivity index (χ1n) is 3.88. The molecule has 0 bridgehead atoms. The molecule has 1 rings (SSSR count). The van der Waals surface area contributed by atoms with Gasteiger partial charge in [0.15, 0.2) is 0 Å². The average Bonchev–Trinajstić information content (AvgIpc) is 2.34. The second-order valence-electron chi connectivity index (χ2n) is 2.91. The lowest BCUT2D eigenvalue weighted by atomic mass is 10.2. The lowest BCUT2D eigenvalue weighted by molar-refractivity contribution is -0.252. The maximum absolute atomic E-state index is 12.2. The smallest absolute Gasteiger partial charge is 0.383 e. The molecule has 0 saturated carbocycles. The van der Waals surface area contributed by atoms with Gasteiger partial charge in [-0.1, -0.05) is 0 Å². The zero-order valence-corrected chi connectivity index (χ0v) is 6.90. The van der Waals surface area contributed by atoms with Gasteiger partial charge in [0.25, 0.3) is 0 Å². The number of methoxy groups -OCH3 is 1. The minimum atomic E-state index is -4.19. The number of ether oxygens (including phenoxy) is 1. The molecule has 2 nitrogen and oxygen atoms in total. The Morgan fingerprint density at radius 3 is 2.67 bits per heavy atom. The number of hydrogen-bond acceptors (Lipinski definition) is 2. The molecule has 72 valence electrons. The average molecular weight is 183 g/mol. The molecule has 1 unspecified atom stereocenters. The van der Waals surface area contributed by atoms with Gasteiger partial charge in [0.05, 0.1) is 6.61 Å². The molecular weight excluding hydrogens is 171 g/mol. The zero-order valence-electron chi connectivity index (χ0n) is 6.90. The molecule has 0 aromatic carbocycles. The van der Waals surface area contributed by atoms with E-state index < -0.39 is 12.3 Å². The Morgan fingerprint density at radius 2 is 2.17 bits per heavy atom. The van der Waals surface area contributed by atoms with Crippen LogP contribution in [0.25, 0.3) is 0 Å². The number of halogens is 3. The Hall–Kier alpha value is -0.290. The molecule has 0 spiro atoms. The number of hydrogen-bond donors (Lipinski definition) is 0. The van der Waals surface area contributed by atoms with Gasteiger partial charge in [0.2, 0.25) is 0 Å². The Kier molecular flexibility index (Phi) is 2.95. The fourth-order valence-corrected chi connectivity index (χ4v) is 1.54. The Balaban J connectivity index is 2.52. The molecule has 1 saturated heterocycles. The SMILES string of the molecule is COCC1CCCN1C(F)(F)F. The molecule has 0 amide bonds. The van der Waals surface area contributed by atoms with Crippen molar-refractivity contribution >= 4 is 0 Å². The van der Waals surface area contributed by atoms with E-state index in [1.165, 1.54) is 7.11 Å². The Labute approximate surface area is 69.3 Å². The van der Waals surface area contributed by atoms with Gasteiger partial charge in [-0.2, -0.15) is 13.2 Å². The summed E-state index contributed by atoms with van der Waals surface area (Å²) in [5, 5.41) is 0. The molecule has 1 aliphatic heterocycles. The van der Waals surface area contributed by atoms with Gasteiger partial charge in [0.1, 0.15) is 0 Å². The summed E-state index contributed by atoms with van der Waals surface area (Å²) in [6.45, 7) is 0.275. The van der Waals surface area contributed by atoms with E-state index in [1.807, 2.05) is 0 Å². The highest BCUT2D eigenvalue weighted by molar-refractivity contribution is 4.80. The molecule has 1 aliphatic rings. The van der Waals surface area contributed by atoms with Crippen LogP contribution in [0.15, 0.2) is 0 Å². The van der Waals surface area contributed by atoms with Crippen LogP contribution >= 0.6 is 0 Å². The van der Waals surface area contributed by atoms with Crippen molar-refractivity contribution in [3.8, 4) is 0 Å². The van der Waals surface area contributed by atoms with Gasteiger partial charge < -0.3 is 4.74 Å². The van der Waals surface area contributed by atoms with Gasteiger partial charge in [-0.05, 0) is 12.8 Å². The van der Waals surface area contributed by atoms with Crippen molar-refractivity contribution in [2.45, 2.75) is 25.2 Å². The molecular formula is C7H12F3NO. The van der Waals surface area contributed by atoms with E-state index in [0.717, 1.165) is 0 Å². The third-order valence-corrected chi connectivity index (χ3v) is 2.06. The quantitative estimate of drug-likeness (QED) is 0.603. The van der Waals surface area contributed by atoms with Crippen molar-refractivity contribution in [3.63, 3.8) is 0 Å². The highest BCUT2D eigenvalue weighted by Crippen LogP contribution is 2.30. The summed E-state index contributed by atoms with van der Waals surface area (Å²) >= 11 is 0. The van der Waals surface area contributed by atoms with Crippen LogP contribution in [0.3, 0.4) is 0 Å². The lowest BCUT2D eigenvalue weighted by Gasteiger charge is -2.25. The second-order valence-corrected chi connectivity index (χ2v) is 2.91. The minimum absolute atomic E-state index is 0.109. The van der Waals surface area contributed by atoms with Crippen LogP contribution in [0.5, 0.6) is 0 Å². The number of nitrogens with zero attached hydrogens (tertiary/aromatic N) is 1. The van der Waals surface area contributed by atoms with E-state index in [4.69, 9.17) is 4.74 Å². The second kappa shape index (κ2) is 3.62. The van der Waals surface area contributed by atoms with Gasteiger partial charge in [-0.3, -0.25) is 0 Å². The first kappa shape index (κ1) is 9.80. The maximum atomic E-state index is 12.2. The molecule has 12 heavy (non-hydrogen) atoms. The van der Waals surface area contributed by atoms with Crippen molar-refractivity contribution in [1.29, 1.82) is 0 Å². The van der Waals surface area contributed by atoms with Crippen molar-refractivity contribution < 1.29 is 17.9 Å². The topological polar surface area (TPSA) is 12.5 Å². The maximum Gasteiger partial charge on any atom is 0.460 e. The predicted molar refractivity (Wildman–Crippen MR) is 37.7 cm³/mol. The predicted octanol–water partition coefficient (Wildman–Crippen LogP) is 1.62. The summed E-state index contributed by atoms with van der Waals surface area (Å²) in [5.41, 5.74) is 0. The van der Waals surface area contributed by atoms with Crippen LogP contribution in [0, 0.1) is 0 Å². The highest BCUT2D eigenvalue weighted by atomic mass is 19.4. The summed E-state index contributed by atoms with van der Waals surface area (Å²) in [5.74, 6) is 0. The molecule has 1 heterocycles. The van der Waals surface area contributed by atoms with E-state index >= 15 is 0 Å². The van der Waals surface area contributed by atoms with Gasteiger partial charge in [-0.25, -0.2) is 4.90 Å². The van der Waals surface area contributed by atoms with Crippen LogP contribution in [-0.4, -0.2) is 37.5 Å². The summed E-state index contributed by atoms with van der Waals surface area (Å²) in [7, 11) is 1.42. The molecule has 0 aromatic rings. The largest absolute Gasteiger partial charge is 0.460 e. The van der Waals surface area contributed by atoms with Crippen LogP contribution in [0.2, 0.25) is 0 Å². The molecule has 0 aliphatic carbocycles. The first-order valence-corrected chi connectivity index (χ1v) is 3.88. The van der Waals surface area contributed by atoms with Crippen molar-refractivity contribution in [2.75, 3.05) is 20.3 Å². The monoisotopic (exact) mass is 183 g/mol. The summed E-state index contributed by atoms with van der Waals surface area (Å²) < 4.78 is 41.3. The molecule has 1 atom stereocenters. The number of rotatable bonds is 2. The summed E-state index contributed by atoms with van der Waals surface area (Å²) in [4.78, 5) is 0.552. The van der Waals surface area contributed by atoms with E-state index in [2.05, 4.69) is 0 Å². The van der Waals surface area contributed by atoms with E-state index in [-0.39, 0.29) is 13.2 Å². The molecule has 1 fully saturated rings. The van der Waals surface area contributed by atoms with Crippen molar-refractivity contribution in [1.82, 2.24) is 4.90 Å². The summed E-state index contributed by atoms with van der Waals surface area (Å²) in [6.07, 6.45) is -3.01. The van der Waals surface area contributed by atoms with Gasteiger partial charge in [0, 0.05) is 19.7 Å². The van der Waals surface area contributed by atoms with E-state index in [1.54, 1.807) is 0 Å². The van der Waals surface area contributed by atoms with Crippen LogP contribution in [0.1, 0.15) is 12.8 Å². The Morgan fingerprint density at radius 1 is 1.50 bits per heavy atom. The van der Waals surface area contributed by atoms with Gasteiger partial charge in [-0.15, -0.1) is 0 Å². The zero-order chi connectivity index (χ0) is 9.19. The lowest BCUT2D eigenvalue weighted by Crippen LogP contribution is -2.43. The molecule has 5 heteroatoms. The van der Waals surface area contributed by atoms with Crippen LogP contribution in [0.4, 0.5) is 13.2 Å². The van der Waals surface area contributed by atoms with Crippen molar-refractivity contribution in [3.05, 3.63) is 0 Å². The van der Waals surface area contributed by atoms with E-state index in [0.29, 0.717) is 17.7 Å². The fraction of sp³-hybridized carbons (Fsp3) is 1.00. The standard InChI is InChI=1S/C7H12F3NO/c1-12-5-6-3-2-4-11(6)7(8,9)10/h6H,2-5H2,1H3. The number of likely N-dealkylation sites (tertiary alicyclic amines) is 1. The van der Waals surface area contributed by atoms with Crippen LogP contribution in [-0.2, 0) is 4.74 Å². The number of alkyl halides is 3. The normalized spacial score (nSPS) is 26.5.